The molecule has 6 aromatic rings. The van der Waals surface area contributed by atoms with Gasteiger partial charge >= 0.3 is 0 Å². The second-order valence-electron chi connectivity index (χ2n) is 9.08. The van der Waals surface area contributed by atoms with E-state index in [0.717, 1.165) is 0 Å². The van der Waals surface area contributed by atoms with Crippen molar-refractivity contribution < 1.29 is 0 Å². The average Bonchev–Trinajstić information content (AvgIpc) is 2.89. The van der Waals surface area contributed by atoms with Crippen LogP contribution in [0, 0.1) is 13.8 Å². The molecular formula is C34H26. The minimum absolute atomic E-state index is 1.27. The molecule has 0 atom stereocenters. The molecule has 0 heterocycles. The highest BCUT2D eigenvalue weighted by atomic mass is 14.2. The van der Waals surface area contributed by atoms with E-state index in [-0.39, 0.29) is 0 Å². The van der Waals surface area contributed by atoms with Gasteiger partial charge in [0.1, 0.15) is 0 Å². The molecule has 0 nitrogen and oxygen atoms in total. The van der Waals surface area contributed by atoms with Gasteiger partial charge in [0.2, 0.25) is 0 Å². The van der Waals surface area contributed by atoms with Gasteiger partial charge in [-0.1, -0.05) is 109 Å². The van der Waals surface area contributed by atoms with Gasteiger partial charge in [-0.05, 0) is 92.0 Å². The van der Waals surface area contributed by atoms with Crippen molar-refractivity contribution in [3.8, 4) is 33.4 Å². The molecule has 0 N–H and O–H groups in total. The Balaban J connectivity index is 1.47. The van der Waals surface area contributed by atoms with Crippen LogP contribution in [0.4, 0.5) is 0 Å². The summed E-state index contributed by atoms with van der Waals surface area (Å²) in [5.41, 5.74) is 10.3. The molecular weight excluding hydrogens is 408 g/mol. The van der Waals surface area contributed by atoms with Gasteiger partial charge in [0.05, 0.1) is 0 Å². The Morgan fingerprint density at radius 1 is 0.324 bits per heavy atom. The molecule has 0 unspecified atom stereocenters. The lowest BCUT2D eigenvalue weighted by Gasteiger charge is -2.17. The van der Waals surface area contributed by atoms with Gasteiger partial charge in [0.25, 0.3) is 0 Å². The van der Waals surface area contributed by atoms with Crippen LogP contribution in [0.3, 0.4) is 0 Å². The summed E-state index contributed by atoms with van der Waals surface area (Å²) in [6.07, 6.45) is 0. The molecule has 6 aromatic carbocycles. The number of benzene rings is 6. The van der Waals surface area contributed by atoms with Crippen LogP contribution < -0.4 is 0 Å². The average molecular weight is 435 g/mol. The normalized spacial score (nSPS) is 11.2. The van der Waals surface area contributed by atoms with Crippen molar-refractivity contribution in [1.82, 2.24) is 0 Å². The number of rotatable bonds is 3. The molecule has 0 fully saturated rings. The van der Waals surface area contributed by atoms with E-state index in [1.165, 1.54) is 66.1 Å². The molecule has 0 aliphatic rings. The Bertz CT molecular complexity index is 1540. The highest BCUT2D eigenvalue weighted by molar-refractivity contribution is 5.91. The number of hydrogen-bond acceptors (Lipinski definition) is 0. The smallest absolute Gasteiger partial charge is 0.0146 e. The third-order valence-electron chi connectivity index (χ3n) is 7.08. The maximum Gasteiger partial charge on any atom is -0.0146 e. The lowest BCUT2D eigenvalue weighted by Crippen LogP contribution is -1.93. The van der Waals surface area contributed by atoms with Gasteiger partial charge in [-0.3, -0.25) is 0 Å². The Labute approximate surface area is 201 Å². The van der Waals surface area contributed by atoms with Crippen molar-refractivity contribution in [2.24, 2.45) is 0 Å². The highest BCUT2D eigenvalue weighted by Gasteiger charge is 2.13. The van der Waals surface area contributed by atoms with E-state index < -0.39 is 0 Å². The largest absolute Gasteiger partial charge is 0.0616 e. The summed E-state index contributed by atoms with van der Waals surface area (Å²) in [6, 6.07) is 44.1. The Hall–Kier alpha value is -4.16. The van der Waals surface area contributed by atoms with E-state index >= 15 is 0 Å². The molecule has 0 spiro atoms. The predicted octanol–water partition coefficient (Wildman–Crippen LogP) is 9.61. The van der Waals surface area contributed by atoms with E-state index in [1.54, 1.807) is 0 Å². The second-order valence-corrected chi connectivity index (χ2v) is 9.08. The van der Waals surface area contributed by atoms with Crippen LogP contribution in [0.25, 0.3) is 54.9 Å². The summed E-state index contributed by atoms with van der Waals surface area (Å²) >= 11 is 0. The van der Waals surface area contributed by atoms with E-state index in [9.17, 15) is 0 Å². The molecule has 0 aromatic heterocycles. The van der Waals surface area contributed by atoms with Crippen LogP contribution >= 0.6 is 0 Å². The molecule has 0 saturated carbocycles. The first kappa shape index (κ1) is 20.4. The third kappa shape index (κ3) is 3.49. The Kier molecular flexibility index (Phi) is 5.00. The van der Waals surface area contributed by atoms with Crippen LogP contribution in [-0.4, -0.2) is 0 Å². The molecule has 0 radical (unpaired) electrons. The number of hydrogen-bond donors (Lipinski definition) is 0. The molecule has 0 aliphatic carbocycles. The minimum Gasteiger partial charge on any atom is -0.0616 e. The summed E-state index contributed by atoms with van der Waals surface area (Å²) in [5, 5.41) is 5.11. The van der Waals surface area contributed by atoms with Crippen molar-refractivity contribution in [2.75, 3.05) is 0 Å². The fourth-order valence-corrected chi connectivity index (χ4v) is 5.19. The van der Waals surface area contributed by atoms with Crippen LogP contribution in [0.5, 0.6) is 0 Å². The SMILES string of the molecule is Cc1c(-c2ccc3ccccc3c2)cccc1-c1cccc(-c2ccc3ccccc3c2)c1C. The summed E-state index contributed by atoms with van der Waals surface area (Å²) in [6.45, 7) is 4.50. The maximum atomic E-state index is 2.31. The minimum atomic E-state index is 1.27. The first-order valence-corrected chi connectivity index (χ1v) is 11.9. The lowest BCUT2D eigenvalue weighted by molar-refractivity contribution is 1.40. The van der Waals surface area contributed by atoms with E-state index in [0.29, 0.717) is 0 Å². The number of fused-ring (bicyclic) bond motifs is 2. The Morgan fingerprint density at radius 3 is 1.15 bits per heavy atom. The zero-order valence-corrected chi connectivity index (χ0v) is 19.5. The summed E-state index contributed by atoms with van der Waals surface area (Å²) in [5.74, 6) is 0. The van der Waals surface area contributed by atoms with Gasteiger partial charge in [0.15, 0.2) is 0 Å². The standard InChI is InChI=1S/C34H26/c1-23-31(29-19-17-25-9-3-5-11-27(25)21-29)13-7-15-33(23)34-16-8-14-32(24(34)2)30-20-18-26-10-4-6-12-28(26)22-30/h3-22H,1-2H3. The predicted molar refractivity (Wildman–Crippen MR) is 147 cm³/mol. The third-order valence-corrected chi connectivity index (χ3v) is 7.08. The highest BCUT2D eigenvalue weighted by Crippen LogP contribution is 2.37. The molecule has 0 bridgehead atoms. The zero-order valence-electron chi connectivity index (χ0n) is 19.5. The first-order valence-electron chi connectivity index (χ1n) is 11.9. The fourth-order valence-electron chi connectivity index (χ4n) is 5.19. The topological polar surface area (TPSA) is 0 Å². The molecule has 0 amide bonds. The van der Waals surface area contributed by atoms with Crippen LogP contribution in [-0.2, 0) is 0 Å². The molecule has 0 heteroatoms. The van der Waals surface area contributed by atoms with Crippen molar-refractivity contribution in [2.45, 2.75) is 13.8 Å². The van der Waals surface area contributed by atoms with Crippen LogP contribution in [0.15, 0.2) is 121 Å². The molecule has 0 aliphatic heterocycles. The zero-order chi connectivity index (χ0) is 23.1. The summed E-state index contributed by atoms with van der Waals surface area (Å²) in [4.78, 5) is 0. The van der Waals surface area contributed by atoms with Crippen molar-refractivity contribution in [1.29, 1.82) is 0 Å². The molecule has 6 rings (SSSR count). The van der Waals surface area contributed by atoms with Gasteiger partial charge in [-0.15, -0.1) is 0 Å². The maximum absolute atomic E-state index is 2.31. The first-order chi connectivity index (χ1) is 16.7. The van der Waals surface area contributed by atoms with E-state index in [2.05, 4.69) is 135 Å². The fraction of sp³-hybridized carbons (Fsp3) is 0.0588. The lowest BCUT2D eigenvalue weighted by atomic mass is 9.87. The quantitative estimate of drug-likeness (QED) is 0.260. The summed E-state index contributed by atoms with van der Waals surface area (Å²) in [7, 11) is 0. The summed E-state index contributed by atoms with van der Waals surface area (Å²) < 4.78 is 0. The molecule has 0 saturated heterocycles. The van der Waals surface area contributed by atoms with Gasteiger partial charge < -0.3 is 0 Å². The second kappa shape index (κ2) is 8.32. The van der Waals surface area contributed by atoms with Gasteiger partial charge in [-0.2, -0.15) is 0 Å². The van der Waals surface area contributed by atoms with Gasteiger partial charge in [-0.25, -0.2) is 0 Å². The molecule has 162 valence electrons. The Morgan fingerprint density at radius 2 is 0.706 bits per heavy atom. The molecule has 34 heavy (non-hydrogen) atoms. The monoisotopic (exact) mass is 434 g/mol. The van der Waals surface area contributed by atoms with Crippen molar-refractivity contribution in [3.63, 3.8) is 0 Å². The van der Waals surface area contributed by atoms with Crippen LogP contribution in [0.1, 0.15) is 11.1 Å². The van der Waals surface area contributed by atoms with Crippen molar-refractivity contribution in [3.05, 3.63) is 132 Å². The van der Waals surface area contributed by atoms with Gasteiger partial charge in [0, 0.05) is 0 Å². The van der Waals surface area contributed by atoms with Crippen molar-refractivity contribution >= 4 is 21.5 Å². The van der Waals surface area contributed by atoms with E-state index in [1.807, 2.05) is 0 Å². The van der Waals surface area contributed by atoms with E-state index in [4.69, 9.17) is 0 Å². The van der Waals surface area contributed by atoms with Crippen LogP contribution in [0.2, 0.25) is 0 Å².